The van der Waals surface area contributed by atoms with Crippen LogP contribution in [0, 0.1) is 11.8 Å². The molecule has 0 bridgehead atoms. The molecular weight excluding hydrogens is 219 g/mol. The Morgan fingerprint density at radius 3 is 1.12 bits per heavy atom. The molecule has 0 N–H and O–H groups in total. The van der Waals surface area contributed by atoms with E-state index in [2.05, 4.69) is 13.8 Å². The maximum absolute atomic E-state index is 2.18. The molecule has 0 aliphatic heterocycles. The number of unbranched alkanes of at least 4 members (excludes halogenated alkanes) is 1. The van der Waals surface area contributed by atoms with E-state index in [4.69, 9.17) is 0 Å². The van der Waals surface area contributed by atoms with Crippen LogP contribution in [-0.2, 0) is 0 Å². The van der Waals surface area contributed by atoms with Crippen molar-refractivity contribution >= 4 is 17.4 Å². The summed E-state index contributed by atoms with van der Waals surface area (Å²) >= 11 is 0. The van der Waals surface area contributed by atoms with Crippen molar-refractivity contribution in [3.63, 3.8) is 0 Å². The quantitative estimate of drug-likeness (QED) is 0.623. The summed E-state index contributed by atoms with van der Waals surface area (Å²) in [5.41, 5.74) is 0. The van der Waals surface area contributed by atoms with Gasteiger partial charge in [0.15, 0.2) is 17.4 Å². The maximum atomic E-state index is 2.18. The van der Waals surface area contributed by atoms with Gasteiger partial charge in [0.05, 0.1) is 0 Å². The largest absolute Gasteiger partial charge is 0.187 e. The molecular formula is C16H35Al. The predicted octanol–water partition coefficient (Wildman–Crippen LogP) is 4.77. The standard InChI is InChI=1S/C12H22.C4H10.Al.3H/c1-3-7-11(8-4-1)12-9-5-2-6-10-12;1-3-4-2;;;;/h11-12H,1-10H2;3-4H2,1-2H3;;;;. The first-order valence-corrected chi connectivity index (χ1v) is 7.88. The summed E-state index contributed by atoms with van der Waals surface area (Å²) < 4.78 is 0. The number of rotatable bonds is 2. The van der Waals surface area contributed by atoms with Gasteiger partial charge in [0.25, 0.3) is 0 Å². The van der Waals surface area contributed by atoms with E-state index in [0.29, 0.717) is 0 Å². The van der Waals surface area contributed by atoms with E-state index < -0.39 is 0 Å². The molecule has 0 radical (unpaired) electrons. The minimum absolute atomic E-state index is 0. The SMILES string of the molecule is C1CCC(C2CCCCC2)CC1.CCCC.[AlH3]. The lowest BCUT2D eigenvalue weighted by Crippen LogP contribution is -2.20. The second-order valence-corrected chi connectivity index (χ2v) is 5.80. The van der Waals surface area contributed by atoms with E-state index in [1.54, 1.807) is 25.7 Å². The summed E-state index contributed by atoms with van der Waals surface area (Å²) in [6.07, 6.45) is 18.0. The Labute approximate surface area is 120 Å². The van der Waals surface area contributed by atoms with Crippen LogP contribution in [0.2, 0.25) is 0 Å². The Bertz CT molecular complexity index is 126. The van der Waals surface area contributed by atoms with E-state index >= 15 is 0 Å². The molecule has 0 saturated heterocycles. The first-order valence-electron chi connectivity index (χ1n) is 7.88. The molecule has 0 nitrogen and oxygen atoms in total. The average molecular weight is 254 g/mol. The van der Waals surface area contributed by atoms with E-state index in [0.717, 1.165) is 11.8 Å². The topological polar surface area (TPSA) is 0 Å². The molecule has 2 aliphatic rings. The first-order chi connectivity index (χ1) is 7.88. The Balaban J connectivity index is 0.000000453. The molecule has 2 aliphatic carbocycles. The Morgan fingerprint density at radius 1 is 0.588 bits per heavy atom. The summed E-state index contributed by atoms with van der Waals surface area (Å²) in [4.78, 5) is 0. The summed E-state index contributed by atoms with van der Waals surface area (Å²) in [5.74, 6) is 2.28. The lowest BCUT2D eigenvalue weighted by molar-refractivity contribution is 0.196. The van der Waals surface area contributed by atoms with E-state index in [9.17, 15) is 0 Å². The minimum Gasteiger partial charge on any atom is -0.0654 e. The van der Waals surface area contributed by atoms with Crippen molar-refractivity contribution in [1.29, 1.82) is 0 Å². The van der Waals surface area contributed by atoms with Gasteiger partial charge < -0.3 is 0 Å². The summed E-state index contributed by atoms with van der Waals surface area (Å²) in [5, 5.41) is 0. The third kappa shape index (κ3) is 7.53. The third-order valence-electron chi connectivity index (χ3n) is 4.47. The van der Waals surface area contributed by atoms with Crippen LogP contribution >= 0.6 is 0 Å². The maximum Gasteiger partial charge on any atom is 0.187 e. The average Bonchev–Trinajstić information content (AvgIpc) is 2.41. The normalized spacial score (nSPS) is 22.2. The highest BCUT2D eigenvalue weighted by atomic mass is 27.0. The molecule has 102 valence electrons. The fraction of sp³-hybridized carbons (Fsp3) is 1.00. The van der Waals surface area contributed by atoms with Crippen molar-refractivity contribution in [3.05, 3.63) is 0 Å². The van der Waals surface area contributed by atoms with Gasteiger partial charge in [-0.15, -0.1) is 0 Å². The Morgan fingerprint density at radius 2 is 0.882 bits per heavy atom. The Hall–Kier alpha value is 0.532. The molecule has 0 aromatic carbocycles. The van der Waals surface area contributed by atoms with Gasteiger partial charge in [-0.05, 0) is 11.8 Å². The molecule has 0 aromatic heterocycles. The fourth-order valence-electron chi connectivity index (χ4n) is 3.21. The van der Waals surface area contributed by atoms with Crippen LogP contribution < -0.4 is 0 Å². The van der Waals surface area contributed by atoms with Crippen LogP contribution in [0.5, 0.6) is 0 Å². The second kappa shape index (κ2) is 11.6. The van der Waals surface area contributed by atoms with Crippen LogP contribution in [0.25, 0.3) is 0 Å². The zero-order chi connectivity index (χ0) is 11.6. The summed E-state index contributed by atoms with van der Waals surface area (Å²) in [6, 6.07) is 0. The van der Waals surface area contributed by atoms with Crippen LogP contribution in [0.3, 0.4) is 0 Å². The van der Waals surface area contributed by atoms with Gasteiger partial charge in [-0.3, -0.25) is 0 Å². The highest BCUT2D eigenvalue weighted by Gasteiger charge is 2.24. The van der Waals surface area contributed by atoms with Crippen LogP contribution in [0.15, 0.2) is 0 Å². The molecule has 2 fully saturated rings. The highest BCUT2D eigenvalue weighted by molar-refractivity contribution is 5.75. The molecule has 17 heavy (non-hydrogen) atoms. The van der Waals surface area contributed by atoms with Crippen molar-refractivity contribution in [3.8, 4) is 0 Å². The van der Waals surface area contributed by atoms with Crippen LogP contribution in [0.1, 0.15) is 90.9 Å². The molecule has 1 heteroatoms. The second-order valence-electron chi connectivity index (χ2n) is 5.80. The first kappa shape index (κ1) is 17.5. The Kier molecular flexibility index (Phi) is 12.0. The van der Waals surface area contributed by atoms with Crippen molar-refractivity contribution in [2.45, 2.75) is 90.9 Å². The van der Waals surface area contributed by atoms with Crippen molar-refractivity contribution in [2.24, 2.45) is 11.8 Å². The molecule has 0 aromatic rings. The van der Waals surface area contributed by atoms with Gasteiger partial charge in [0.2, 0.25) is 0 Å². The van der Waals surface area contributed by atoms with E-state index in [-0.39, 0.29) is 17.4 Å². The predicted molar refractivity (Wildman–Crippen MR) is 83.7 cm³/mol. The van der Waals surface area contributed by atoms with Gasteiger partial charge in [-0.1, -0.05) is 90.9 Å². The van der Waals surface area contributed by atoms with Gasteiger partial charge in [-0.25, -0.2) is 0 Å². The van der Waals surface area contributed by atoms with Crippen LogP contribution in [-0.4, -0.2) is 17.4 Å². The molecule has 0 spiro atoms. The fourth-order valence-corrected chi connectivity index (χ4v) is 3.21. The smallest absolute Gasteiger partial charge is 0.0654 e. The monoisotopic (exact) mass is 254 g/mol. The van der Waals surface area contributed by atoms with E-state index in [1.807, 2.05) is 0 Å². The van der Waals surface area contributed by atoms with Gasteiger partial charge in [0, 0.05) is 0 Å². The molecule has 0 heterocycles. The number of hydrogen-bond acceptors (Lipinski definition) is 0. The highest BCUT2D eigenvalue weighted by Crippen LogP contribution is 2.37. The zero-order valence-electron chi connectivity index (χ0n) is 11.6. The van der Waals surface area contributed by atoms with Gasteiger partial charge >= 0.3 is 0 Å². The molecule has 0 amide bonds. The molecule has 2 saturated carbocycles. The molecule has 0 atom stereocenters. The number of hydrogen-bond donors (Lipinski definition) is 0. The molecule has 0 unspecified atom stereocenters. The summed E-state index contributed by atoms with van der Waals surface area (Å²) in [7, 11) is 0. The zero-order valence-corrected chi connectivity index (χ0v) is 11.6. The lowest BCUT2D eigenvalue weighted by Gasteiger charge is -2.32. The lowest BCUT2D eigenvalue weighted by atomic mass is 9.73. The van der Waals surface area contributed by atoms with E-state index in [1.165, 1.54) is 51.4 Å². The third-order valence-corrected chi connectivity index (χ3v) is 4.47. The van der Waals surface area contributed by atoms with Crippen molar-refractivity contribution < 1.29 is 0 Å². The minimum atomic E-state index is 0. The van der Waals surface area contributed by atoms with Crippen LogP contribution in [0.4, 0.5) is 0 Å². The van der Waals surface area contributed by atoms with Crippen molar-refractivity contribution in [1.82, 2.24) is 0 Å². The summed E-state index contributed by atoms with van der Waals surface area (Å²) in [6.45, 7) is 4.36. The van der Waals surface area contributed by atoms with Gasteiger partial charge in [0.1, 0.15) is 0 Å². The molecule has 2 rings (SSSR count). The van der Waals surface area contributed by atoms with Crippen molar-refractivity contribution in [2.75, 3.05) is 0 Å². The van der Waals surface area contributed by atoms with Gasteiger partial charge in [-0.2, -0.15) is 0 Å².